The van der Waals surface area contributed by atoms with E-state index < -0.39 is 0 Å². The lowest BCUT2D eigenvalue weighted by atomic mass is 9.86. The van der Waals surface area contributed by atoms with Crippen LogP contribution in [0, 0.1) is 17.8 Å². The van der Waals surface area contributed by atoms with Crippen molar-refractivity contribution in [3.05, 3.63) is 36.5 Å². The van der Waals surface area contributed by atoms with E-state index in [-0.39, 0.29) is 5.91 Å². The highest BCUT2D eigenvalue weighted by Gasteiger charge is 2.40. The summed E-state index contributed by atoms with van der Waals surface area (Å²) in [6.45, 7) is 0. The summed E-state index contributed by atoms with van der Waals surface area (Å²) in [6, 6.07) is 9.87. The number of pyridine rings is 1. The summed E-state index contributed by atoms with van der Waals surface area (Å²) in [6.07, 6.45) is 7.77. The van der Waals surface area contributed by atoms with Crippen LogP contribution in [-0.4, -0.2) is 10.9 Å². The Morgan fingerprint density at radius 3 is 2.90 bits per heavy atom. The van der Waals surface area contributed by atoms with Crippen LogP contribution in [0.1, 0.15) is 32.1 Å². The van der Waals surface area contributed by atoms with E-state index in [0.717, 1.165) is 28.4 Å². The molecule has 2 fully saturated rings. The maximum Gasteiger partial charge on any atom is 0.224 e. The molecule has 0 radical (unpaired) electrons. The topological polar surface area (TPSA) is 42.0 Å². The molecule has 1 heterocycles. The lowest BCUT2D eigenvalue weighted by Crippen LogP contribution is -2.20. The van der Waals surface area contributed by atoms with Crippen molar-refractivity contribution in [2.45, 2.75) is 32.1 Å². The van der Waals surface area contributed by atoms with E-state index in [2.05, 4.69) is 10.3 Å². The van der Waals surface area contributed by atoms with Crippen molar-refractivity contribution in [1.29, 1.82) is 0 Å². The number of rotatable bonds is 3. The van der Waals surface area contributed by atoms with E-state index in [1.807, 2.05) is 30.3 Å². The van der Waals surface area contributed by atoms with Gasteiger partial charge in [-0.2, -0.15) is 0 Å². The molecule has 1 amide bonds. The molecule has 1 aromatic heterocycles. The molecular formula is C18H20N2O. The number of anilines is 1. The molecule has 108 valence electrons. The first-order valence-corrected chi connectivity index (χ1v) is 7.93. The largest absolute Gasteiger partial charge is 0.324 e. The summed E-state index contributed by atoms with van der Waals surface area (Å²) in [7, 11) is 0. The Morgan fingerprint density at radius 1 is 1.19 bits per heavy atom. The molecule has 0 aliphatic heterocycles. The molecule has 0 unspecified atom stereocenters. The van der Waals surface area contributed by atoms with E-state index in [0.29, 0.717) is 12.3 Å². The van der Waals surface area contributed by atoms with Gasteiger partial charge in [0.15, 0.2) is 0 Å². The summed E-state index contributed by atoms with van der Waals surface area (Å²) in [4.78, 5) is 16.7. The molecular weight excluding hydrogens is 260 g/mol. The molecule has 1 aromatic carbocycles. The highest BCUT2D eigenvalue weighted by atomic mass is 16.1. The molecule has 21 heavy (non-hydrogen) atoms. The SMILES string of the molecule is O=C(C[C@H]1C[C@H]2CC[C@@H]1C2)Nc1cccc2cccnc12. The maximum absolute atomic E-state index is 12.3. The van der Waals surface area contributed by atoms with Crippen LogP contribution in [0.3, 0.4) is 0 Å². The minimum atomic E-state index is 0.144. The molecule has 3 nitrogen and oxygen atoms in total. The zero-order chi connectivity index (χ0) is 14.2. The van der Waals surface area contributed by atoms with Gasteiger partial charge in [0.25, 0.3) is 0 Å². The van der Waals surface area contributed by atoms with Crippen LogP contribution in [0.2, 0.25) is 0 Å². The number of hydrogen-bond donors (Lipinski definition) is 1. The van der Waals surface area contributed by atoms with Crippen molar-refractivity contribution in [3.63, 3.8) is 0 Å². The van der Waals surface area contributed by atoms with Crippen LogP contribution in [0.5, 0.6) is 0 Å². The van der Waals surface area contributed by atoms with E-state index in [4.69, 9.17) is 0 Å². The van der Waals surface area contributed by atoms with E-state index >= 15 is 0 Å². The second-order valence-electron chi connectivity index (χ2n) is 6.57. The zero-order valence-electron chi connectivity index (χ0n) is 12.1. The number of amides is 1. The number of carbonyl (C=O) groups is 1. The summed E-state index contributed by atoms with van der Waals surface area (Å²) in [5.41, 5.74) is 1.71. The number of nitrogens with one attached hydrogen (secondary N) is 1. The first kappa shape index (κ1) is 12.8. The fourth-order valence-electron chi connectivity index (χ4n) is 4.27. The minimum absolute atomic E-state index is 0.144. The highest BCUT2D eigenvalue weighted by molar-refractivity contribution is 6.00. The van der Waals surface area contributed by atoms with Crippen molar-refractivity contribution in [2.75, 3.05) is 5.32 Å². The number of nitrogens with zero attached hydrogens (tertiary/aromatic N) is 1. The van der Waals surface area contributed by atoms with Crippen LogP contribution in [0.25, 0.3) is 10.9 Å². The van der Waals surface area contributed by atoms with Gasteiger partial charge < -0.3 is 5.32 Å². The molecule has 2 bridgehead atoms. The van der Waals surface area contributed by atoms with Gasteiger partial charge in [0.2, 0.25) is 5.91 Å². The first-order chi connectivity index (χ1) is 10.3. The Morgan fingerprint density at radius 2 is 2.10 bits per heavy atom. The van der Waals surface area contributed by atoms with E-state index in [1.54, 1.807) is 6.20 Å². The monoisotopic (exact) mass is 280 g/mol. The Labute approximate surface area is 124 Å². The van der Waals surface area contributed by atoms with Crippen molar-refractivity contribution < 1.29 is 4.79 Å². The van der Waals surface area contributed by atoms with Gasteiger partial charge in [-0.3, -0.25) is 9.78 Å². The summed E-state index contributed by atoms with van der Waals surface area (Å²) in [5.74, 6) is 2.44. The maximum atomic E-state index is 12.3. The predicted molar refractivity (Wildman–Crippen MR) is 83.9 cm³/mol. The Balaban J connectivity index is 1.48. The van der Waals surface area contributed by atoms with Crippen LogP contribution in [0.4, 0.5) is 5.69 Å². The second kappa shape index (κ2) is 5.14. The quantitative estimate of drug-likeness (QED) is 0.923. The van der Waals surface area contributed by atoms with Gasteiger partial charge in [-0.15, -0.1) is 0 Å². The molecule has 0 saturated heterocycles. The van der Waals surface area contributed by atoms with Gasteiger partial charge in [-0.25, -0.2) is 0 Å². The third-order valence-electron chi connectivity index (χ3n) is 5.24. The Bertz CT molecular complexity index is 676. The van der Waals surface area contributed by atoms with Crippen molar-refractivity contribution in [3.8, 4) is 0 Å². The van der Waals surface area contributed by atoms with Gasteiger partial charge in [0.1, 0.15) is 0 Å². The predicted octanol–water partition coefficient (Wildman–Crippen LogP) is 4.00. The zero-order valence-corrected chi connectivity index (χ0v) is 12.1. The second-order valence-corrected chi connectivity index (χ2v) is 6.57. The summed E-state index contributed by atoms with van der Waals surface area (Å²) >= 11 is 0. The Kier molecular flexibility index (Phi) is 3.13. The fourth-order valence-corrected chi connectivity index (χ4v) is 4.27. The number of hydrogen-bond acceptors (Lipinski definition) is 2. The van der Waals surface area contributed by atoms with Gasteiger partial charge >= 0.3 is 0 Å². The van der Waals surface area contributed by atoms with Gasteiger partial charge in [-0.1, -0.05) is 24.6 Å². The molecule has 2 saturated carbocycles. The molecule has 2 aliphatic carbocycles. The molecule has 3 atom stereocenters. The third kappa shape index (κ3) is 2.41. The van der Waals surface area contributed by atoms with Crippen molar-refractivity contribution in [1.82, 2.24) is 4.98 Å². The van der Waals surface area contributed by atoms with Crippen LogP contribution in [-0.2, 0) is 4.79 Å². The minimum Gasteiger partial charge on any atom is -0.324 e. The van der Waals surface area contributed by atoms with Gasteiger partial charge in [0, 0.05) is 18.0 Å². The smallest absolute Gasteiger partial charge is 0.224 e. The lowest BCUT2D eigenvalue weighted by molar-refractivity contribution is -0.117. The highest BCUT2D eigenvalue weighted by Crippen LogP contribution is 2.49. The first-order valence-electron chi connectivity index (χ1n) is 7.93. The van der Waals surface area contributed by atoms with Gasteiger partial charge in [-0.05, 0) is 49.1 Å². The molecule has 4 rings (SSSR count). The molecule has 2 aromatic rings. The standard InChI is InChI=1S/C18H20N2O/c21-17(11-15-10-12-6-7-14(15)9-12)20-16-5-1-3-13-4-2-8-19-18(13)16/h1-5,8,12,14-15H,6-7,9-11H2,(H,20,21)/t12-,14+,15+/m0/s1. The Hall–Kier alpha value is -1.90. The fraction of sp³-hybridized carbons (Fsp3) is 0.444. The van der Waals surface area contributed by atoms with Crippen LogP contribution in [0.15, 0.2) is 36.5 Å². The third-order valence-corrected chi connectivity index (χ3v) is 5.24. The number of fused-ring (bicyclic) bond motifs is 3. The summed E-state index contributed by atoms with van der Waals surface area (Å²) < 4.78 is 0. The average Bonchev–Trinajstić information content (AvgIpc) is 3.10. The molecule has 0 spiro atoms. The van der Waals surface area contributed by atoms with Crippen LogP contribution >= 0.6 is 0 Å². The van der Waals surface area contributed by atoms with Crippen molar-refractivity contribution in [2.24, 2.45) is 17.8 Å². The van der Waals surface area contributed by atoms with Crippen LogP contribution < -0.4 is 5.32 Å². The van der Waals surface area contributed by atoms with E-state index in [9.17, 15) is 4.79 Å². The summed E-state index contributed by atoms with van der Waals surface area (Å²) in [5, 5.41) is 4.13. The number of carbonyl (C=O) groups excluding carboxylic acids is 1. The average molecular weight is 280 g/mol. The number of benzene rings is 1. The normalized spacial score (nSPS) is 27.1. The van der Waals surface area contributed by atoms with E-state index in [1.165, 1.54) is 25.7 Å². The number of para-hydroxylation sites is 1. The van der Waals surface area contributed by atoms with Gasteiger partial charge in [0.05, 0.1) is 11.2 Å². The molecule has 2 aliphatic rings. The van der Waals surface area contributed by atoms with Crippen molar-refractivity contribution >= 4 is 22.5 Å². The molecule has 3 heteroatoms. The molecule has 1 N–H and O–H groups in total. The lowest BCUT2D eigenvalue weighted by Gasteiger charge is -2.21. The number of aromatic nitrogens is 1.